The summed E-state index contributed by atoms with van der Waals surface area (Å²) in [4.78, 5) is 0.236. The molecule has 3 aromatic rings. The minimum atomic E-state index is -3.87. The van der Waals surface area contributed by atoms with E-state index in [2.05, 4.69) is 0 Å². The van der Waals surface area contributed by atoms with Gasteiger partial charge >= 0.3 is 10.0 Å². The van der Waals surface area contributed by atoms with E-state index < -0.39 is 10.0 Å². The molecule has 0 fully saturated rings. The minimum Gasteiger partial charge on any atom is -0.461 e. The molecule has 5 rings (SSSR count). The molecule has 0 radical (unpaired) electrons. The van der Waals surface area contributed by atoms with E-state index in [1.807, 2.05) is 85.8 Å². The second kappa shape index (κ2) is 7.52. The molecule has 2 aromatic carbocycles. The van der Waals surface area contributed by atoms with Crippen molar-refractivity contribution in [2.24, 2.45) is 0 Å². The van der Waals surface area contributed by atoms with E-state index in [0.717, 1.165) is 22.1 Å². The fourth-order valence-electron chi connectivity index (χ4n) is 3.90. The van der Waals surface area contributed by atoms with Gasteiger partial charge < -0.3 is 4.42 Å². The molecule has 0 bridgehead atoms. The average molecular weight is 427 g/mol. The first kappa shape index (κ1) is 19.3. The van der Waals surface area contributed by atoms with Gasteiger partial charge in [-0.25, -0.2) is 0 Å². The van der Waals surface area contributed by atoms with Gasteiger partial charge in [0.05, 0.1) is 5.22 Å². The van der Waals surface area contributed by atoms with Crippen molar-refractivity contribution in [2.75, 3.05) is 0 Å². The molecule has 0 N–H and O–H groups in total. The van der Waals surface area contributed by atoms with Gasteiger partial charge in [0.25, 0.3) is 0 Å². The van der Waals surface area contributed by atoms with Crippen molar-refractivity contribution >= 4 is 15.6 Å². The first-order valence-electron chi connectivity index (χ1n) is 9.97. The average Bonchev–Trinajstić information content (AvgIpc) is 3.24. The molecule has 1 aliphatic heterocycles. The lowest BCUT2D eigenvalue weighted by Crippen LogP contribution is -2.37. The maximum Gasteiger partial charge on any atom is 0.400 e. The lowest BCUT2D eigenvalue weighted by Gasteiger charge is -2.08. The van der Waals surface area contributed by atoms with Crippen LogP contribution >= 0.6 is 0 Å². The van der Waals surface area contributed by atoms with Crippen LogP contribution in [0.3, 0.4) is 0 Å². The molecule has 1 aromatic heterocycles. The molecule has 0 amide bonds. The number of aryl methyl sites for hydroxylation is 1. The monoisotopic (exact) mass is 426 g/mol. The molecule has 1 aliphatic carbocycles. The van der Waals surface area contributed by atoms with Crippen molar-refractivity contribution in [1.82, 2.24) is 3.98 Å². The first-order valence-corrected chi connectivity index (χ1v) is 11.4. The summed E-state index contributed by atoms with van der Waals surface area (Å²) < 4.78 is 35.2. The van der Waals surface area contributed by atoms with Crippen molar-refractivity contribution in [3.8, 4) is 0 Å². The summed E-state index contributed by atoms with van der Waals surface area (Å²) in [6, 6.07) is 19.8. The summed E-state index contributed by atoms with van der Waals surface area (Å²) in [6.07, 6.45) is 11.5. The van der Waals surface area contributed by atoms with E-state index >= 15 is 0 Å². The van der Waals surface area contributed by atoms with Gasteiger partial charge in [-0.15, -0.1) is 0 Å². The van der Waals surface area contributed by atoms with E-state index in [9.17, 15) is 8.42 Å². The Labute approximate surface area is 180 Å². The third kappa shape index (κ3) is 3.23. The largest absolute Gasteiger partial charge is 0.461 e. The number of para-hydroxylation sites is 1. The van der Waals surface area contributed by atoms with Gasteiger partial charge in [0.15, 0.2) is 0 Å². The second-order valence-electron chi connectivity index (χ2n) is 7.29. The normalized spacial score (nSPS) is 15.5. The number of fused-ring (bicyclic) bond motifs is 1. The Kier molecular flexibility index (Phi) is 4.68. The van der Waals surface area contributed by atoms with E-state index in [-0.39, 0.29) is 4.90 Å². The number of rotatable bonds is 3. The maximum absolute atomic E-state index is 13.9. The molecule has 0 saturated carbocycles. The summed E-state index contributed by atoms with van der Waals surface area (Å²) in [6.45, 7) is 1.88. The highest BCUT2D eigenvalue weighted by Gasteiger charge is 2.41. The Morgan fingerprint density at radius 3 is 2.13 bits per heavy atom. The summed E-state index contributed by atoms with van der Waals surface area (Å²) >= 11 is 0. The highest BCUT2D eigenvalue weighted by Crippen LogP contribution is 2.30. The molecule has 0 saturated heterocycles. The quantitative estimate of drug-likeness (QED) is 0.601. The Morgan fingerprint density at radius 1 is 0.774 bits per heavy atom. The second-order valence-corrected chi connectivity index (χ2v) is 9.08. The standard InChI is InChI=1S/C26H20NO3S/c1-19-17-18-24(30-19)25-22-15-9-10-16-23(22)27(26(25)20-11-5-2-3-6-12-20)31(28,29)21-13-7-4-8-14-21/h2-18H,1H3/q+1. The zero-order chi connectivity index (χ0) is 21.4. The van der Waals surface area contributed by atoms with Crippen LogP contribution in [0, 0.1) is 6.92 Å². The van der Waals surface area contributed by atoms with Crippen LogP contribution in [-0.4, -0.2) is 8.42 Å². The SMILES string of the molecule is Cc1ccc(C2=c3ccccc3=[N+](S(=O)(=O)c3ccccc3)C2=C2C=CC=CC=C2)o1. The first-order chi connectivity index (χ1) is 15.1. The highest BCUT2D eigenvalue weighted by molar-refractivity contribution is 7.90. The fourth-order valence-corrected chi connectivity index (χ4v) is 5.47. The number of sulfonamides is 1. The zero-order valence-corrected chi connectivity index (χ0v) is 17.7. The van der Waals surface area contributed by atoms with Crippen LogP contribution in [0.25, 0.3) is 5.57 Å². The van der Waals surface area contributed by atoms with Gasteiger partial charge in [-0.2, -0.15) is 8.42 Å². The number of nitrogens with zero attached hydrogens (tertiary/aromatic N) is 1. The van der Waals surface area contributed by atoms with Crippen molar-refractivity contribution in [1.29, 1.82) is 0 Å². The van der Waals surface area contributed by atoms with Crippen LogP contribution < -0.4 is 14.6 Å². The highest BCUT2D eigenvalue weighted by atomic mass is 32.2. The third-order valence-corrected chi connectivity index (χ3v) is 6.99. The van der Waals surface area contributed by atoms with E-state index in [4.69, 9.17) is 4.42 Å². The Morgan fingerprint density at radius 2 is 1.45 bits per heavy atom. The number of furan rings is 1. The lowest BCUT2D eigenvalue weighted by atomic mass is 10.0. The van der Waals surface area contributed by atoms with Crippen LogP contribution in [0.2, 0.25) is 0 Å². The van der Waals surface area contributed by atoms with Gasteiger partial charge in [-0.1, -0.05) is 58.6 Å². The Bertz CT molecular complexity index is 1520. The molecule has 152 valence electrons. The minimum absolute atomic E-state index is 0.236. The van der Waals surface area contributed by atoms with Gasteiger partial charge in [-0.05, 0) is 49.4 Å². The van der Waals surface area contributed by atoms with E-state index in [0.29, 0.717) is 16.8 Å². The molecule has 2 heterocycles. The van der Waals surface area contributed by atoms with Crippen LogP contribution in [0.15, 0.2) is 124 Å². The third-order valence-electron chi connectivity index (χ3n) is 5.26. The number of hydrogen-bond donors (Lipinski definition) is 0. The maximum atomic E-state index is 13.9. The summed E-state index contributed by atoms with van der Waals surface area (Å²) in [7, 11) is -3.87. The molecule has 0 atom stereocenters. The van der Waals surface area contributed by atoms with E-state index in [1.165, 1.54) is 3.98 Å². The van der Waals surface area contributed by atoms with Crippen LogP contribution in [0.5, 0.6) is 0 Å². The van der Waals surface area contributed by atoms with E-state index in [1.54, 1.807) is 24.3 Å². The van der Waals surface area contributed by atoms with Crippen LogP contribution in [-0.2, 0) is 10.0 Å². The van der Waals surface area contributed by atoms with Crippen LogP contribution in [0.1, 0.15) is 11.5 Å². The Balaban J connectivity index is 1.95. The predicted octanol–water partition coefficient (Wildman–Crippen LogP) is 3.62. The molecule has 2 aliphatic rings. The lowest BCUT2D eigenvalue weighted by molar-refractivity contribution is 0.521. The smallest absolute Gasteiger partial charge is 0.400 e. The van der Waals surface area contributed by atoms with Crippen LogP contribution in [0.4, 0.5) is 0 Å². The molecule has 31 heavy (non-hydrogen) atoms. The van der Waals surface area contributed by atoms with Crippen molar-refractivity contribution in [3.05, 3.63) is 137 Å². The van der Waals surface area contributed by atoms with Gasteiger partial charge in [-0.3, -0.25) is 0 Å². The fraction of sp³-hybridized carbons (Fsp3) is 0.0385. The molecule has 0 spiro atoms. The van der Waals surface area contributed by atoms with Gasteiger partial charge in [0, 0.05) is 11.6 Å². The zero-order valence-electron chi connectivity index (χ0n) is 16.9. The molecular weight excluding hydrogens is 406 g/mol. The Hall–Kier alpha value is -3.70. The number of allylic oxidation sites excluding steroid dienone is 8. The predicted molar refractivity (Wildman–Crippen MR) is 121 cm³/mol. The summed E-state index contributed by atoms with van der Waals surface area (Å²) in [5.41, 5.74) is 2.12. The number of hydrogen-bond acceptors (Lipinski definition) is 3. The van der Waals surface area contributed by atoms with Crippen molar-refractivity contribution < 1.29 is 12.8 Å². The molecular formula is C26H20NO3S+. The molecule has 4 nitrogen and oxygen atoms in total. The van der Waals surface area contributed by atoms with Gasteiger partial charge in [0.1, 0.15) is 22.0 Å². The summed E-state index contributed by atoms with van der Waals surface area (Å²) in [5.74, 6) is 1.40. The molecule has 0 unspecified atom stereocenters. The molecule has 5 heteroatoms. The van der Waals surface area contributed by atoms with Crippen molar-refractivity contribution in [3.63, 3.8) is 0 Å². The number of benzene rings is 2. The van der Waals surface area contributed by atoms with Gasteiger partial charge in [0.2, 0.25) is 11.1 Å². The topological polar surface area (TPSA) is 50.3 Å². The van der Waals surface area contributed by atoms with Crippen molar-refractivity contribution in [2.45, 2.75) is 11.8 Å². The summed E-state index contributed by atoms with van der Waals surface area (Å²) in [5, 5.41) is 1.43.